The number of hydrazone groups is 1. The van der Waals surface area contributed by atoms with E-state index in [1.54, 1.807) is 29.3 Å². The van der Waals surface area contributed by atoms with Crippen LogP contribution in [0.3, 0.4) is 0 Å². The Kier molecular flexibility index (Phi) is 7.42. The topological polar surface area (TPSA) is 122 Å². The molecule has 0 spiro atoms. The number of carbonyl (C=O) groups is 2. The summed E-state index contributed by atoms with van der Waals surface area (Å²) >= 11 is 0. The second-order valence-electron chi connectivity index (χ2n) is 9.82. The maximum atomic E-state index is 13.3. The van der Waals surface area contributed by atoms with Crippen molar-refractivity contribution in [3.63, 3.8) is 0 Å². The highest BCUT2D eigenvalue weighted by molar-refractivity contribution is 6.13. The van der Waals surface area contributed by atoms with Crippen LogP contribution in [0.15, 0.2) is 94.2 Å². The highest BCUT2D eigenvalue weighted by Gasteiger charge is 2.37. The lowest BCUT2D eigenvalue weighted by atomic mass is 10.00. The summed E-state index contributed by atoms with van der Waals surface area (Å²) in [6, 6.07) is 23.9. The van der Waals surface area contributed by atoms with E-state index in [0.717, 1.165) is 28.1 Å². The van der Waals surface area contributed by atoms with E-state index in [0.29, 0.717) is 29.2 Å². The number of nitrogens with one attached hydrogen (secondary N) is 3. The summed E-state index contributed by atoms with van der Waals surface area (Å²) in [6.45, 7) is 6.28. The Morgan fingerprint density at radius 1 is 1.05 bits per heavy atom. The predicted octanol–water partition coefficient (Wildman–Crippen LogP) is 4.97. The van der Waals surface area contributed by atoms with Crippen molar-refractivity contribution in [1.29, 1.82) is 5.26 Å². The van der Waals surface area contributed by atoms with Crippen molar-refractivity contribution < 1.29 is 9.59 Å². The van der Waals surface area contributed by atoms with Crippen molar-refractivity contribution in [2.75, 3.05) is 17.2 Å². The molecule has 0 saturated heterocycles. The molecule has 2 atom stereocenters. The van der Waals surface area contributed by atoms with Gasteiger partial charge in [-0.3, -0.25) is 14.6 Å². The Balaban J connectivity index is 1.33. The van der Waals surface area contributed by atoms with Crippen molar-refractivity contribution in [3.8, 4) is 6.07 Å². The number of amidine groups is 1. The van der Waals surface area contributed by atoms with Crippen LogP contribution in [-0.4, -0.2) is 35.5 Å². The van der Waals surface area contributed by atoms with Crippen molar-refractivity contribution >= 4 is 35.4 Å². The van der Waals surface area contributed by atoms with Gasteiger partial charge < -0.3 is 16.0 Å². The summed E-state index contributed by atoms with van der Waals surface area (Å²) in [5.74, 6) is -0.175. The number of rotatable bonds is 6. The summed E-state index contributed by atoms with van der Waals surface area (Å²) in [4.78, 5) is 30.5. The summed E-state index contributed by atoms with van der Waals surface area (Å²) < 4.78 is 0. The van der Waals surface area contributed by atoms with Crippen LogP contribution in [-0.2, 0) is 4.79 Å². The van der Waals surface area contributed by atoms with Gasteiger partial charge in [-0.2, -0.15) is 10.4 Å². The minimum absolute atomic E-state index is 0.0633. The molecule has 0 fully saturated rings. The van der Waals surface area contributed by atoms with E-state index in [-0.39, 0.29) is 23.8 Å². The fourth-order valence-electron chi connectivity index (χ4n) is 4.80. The predicted molar refractivity (Wildman–Crippen MR) is 156 cm³/mol. The minimum Gasteiger partial charge on any atom is -0.349 e. The Morgan fingerprint density at radius 2 is 1.85 bits per heavy atom. The van der Waals surface area contributed by atoms with E-state index >= 15 is 0 Å². The lowest BCUT2D eigenvalue weighted by molar-refractivity contribution is -0.124. The molecule has 0 aromatic heterocycles. The third-order valence-electron chi connectivity index (χ3n) is 7.09. The Hall–Kier alpha value is -5.23. The molecule has 0 bridgehead atoms. The molecule has 200 valence electrons. The quantitative estimate of drug-likeness (QED) is 0.415. The van der Waals surface area contributed by atoms with Gasteiger partial charge in [0.2, 0.25) is 5.91 Å². The van der Waals surface area contributed by atoms with Gasteiger partial charge in [-0.15, -0.1) is 0 Å². The molecule has 40 heavy (non-hydrogen) atoms. The summed E-state index contributed by atoms with van der Waals surface area (Å²) in [7, 11) is 0. The molecular formula is C31H29N7O2. The molecule has 0 radical (unpaired) electrons. The van der Waals surface area contributed by atoms with E-state index in [1.165, 1.54) is 6.34 Å². The third kappa shape index (κ3) is 5.47. The number of aliphatic imine (C=N–C) groups is 1. The standard InChI is InChI=1S/C31H29N7O2/c1-19-12-13-25(36-30(39)24-11-7-8-22(14-24)16-32)15-27(19)37-29-28-20(2)26(17-38(28)34-18-33-29)31(40)35-21(3)23-9-5-4-6-10-23/h4-15,18,21,26H,17H2,1-3H3,(H,35,40)(H,36,39)(H,33,34,37)/t21-,26?/m0/s1. The number of nitrogens with zero attached hydrogens (tertiary/aromatic N) is 4. The minimum atomic E-state index is -0.376. The maximum Gasteiger partial charge on any atom is 0.255 e. The van der Waals surface area contributed by atoms with Crippen LogP contribution in [0.1, 0.15) is 46.9 Å². The lowest BCUT2D eigenvalue weighted by Gasteiger charge is -2.23. The lowest BCUT2D eigenvalue weighted by Crippen LogP contribution is -2.35. The molecule has 9 nitrogen and oxygen atoms in total. The van der Waals surface area contributed by atoms with Crippen molar-refractivity contribution in [2.24, 2.45) is 16.0 Å². The Morgan fingerprint density at radius 3 is 2.62 bits per heavy atom. The number of fused-ring (bicyclic) bond motifs is 1. The van der Waals surface area contributed by atoms with E-state index in [2.05, 4.69) is 26.0 Å². The SMILES string of the molecule is CC1=C2C(Nc3cc(NC(=O)c4cccc(C#N)c4)ccc3C)=NC=NN2CC1C(=O)N[C@@H](C)c1ccccc1. The Labute approximate surface area is 232 Å². The molecule has 9 heteroatoms. The average molecular weight is 532 g/mol. The van der Waals surface area contributed by atoms with E-state index in [1.807, 2.05) is 75.4 Å². The zero-order chi connectivity index (χ0) is 28.2. The highest BCUT2D eigenvalue weighted by Crippen LogP contribution is 2.33. The maximum absolute atomic E-state index is 13.3. The van der Waals surface area contributed by atoms with Crippen LogP contribution in [0.5, 0.6) is 0 Å². The average Bonchev–Trinajstić information content (AvgIpc) is 3.32. The Bertz CT molecular complexity index is 1600. The zero-order valence-corrected chi connectivity index (χ0v) is 22.5. The monoisotopic (exact) mass is 531 g/mol. The molecule has 2 heterocycles. The van der Waals surface area contributed by atoms with Crippen LogP contribution < -0.4 is 16.0 Å². The number of nitriles is 1. The largest absolute Gasteiger partial charge is 0.349 e. The molecule has 2 aliphatic heterocycles. The fourth-order valence-corrected chi connectivity index (χ4v) is 4.80. The highest BCUT2D eigenvalue weighted by atomic mass is 16.2. The summed E-state index contributed by atoms with van der Waals surface area (Å²) in [5.41, 5.74) is 5.78. The molecule has 3 N–H and O–H groups in total. The van der Waals surface area contributed by atoms with E-state index < -0.39 is 0 Å². The summed E-state index contributed by atoms with van der Waals surface area (Å²) in [5, 5.41) is 24.7. The number of amides is 2. The van der Waals surface area contributed by atoms with Gasteiger partial charge in [-0.05, 0) is 67.8 Å². The second kappa shape index (κ2) is 11.3. The van der Waals surface area contributed by atoms with Crippen molar-refractivity contribution in [3.05, 3.63) is 106 Å². The number of hydrogen-bond donors (Lipinski definition) is 3. The molecule has 0 aliphatic carbocycles. The molecule has 2 amide bonds. The summed E-state index contributed by atoms with van der Waals surface area (Å²) in [6.07, 6.45) is 1.47. The third-order valence-corrected chi connectivity index (χ3v) is 7.09. The van der Waals surface area contributed by atoms with Crippen molar-refractivity contribution in [1.82, 2.24) is 10.3 Å². The molecule has 1 unspecified atom stereocenters. The van der Waals surface area contributed by atoms with Gasteiger partial charge in [0, 0.05) is 16.9 Å². The first-order valence-electron chi connectivity index (χ1n) is 13.0. The number of anilines is 2. The van der Waals surface area contributed by atoms with E-state index in [4.69, 9.17) is 5.26 Å². The number of aryl methyl sites for hydroxylation is 1. The zero-order valence-electron chi connectivity index (χ0n) is 22.5. The van der Waals surface area contributed by atoms with Crippen LogP contribution in [0.4, 0.5) is 11.4 Å². The van der Waals surface area contributed by atoms with Crippen LogP contribution in [0, 0.1) is 24.2 Å². The number of benzene rings is 3. The molecule has 2 aliphatic rings. The first-order chi connectivity index (χ1) is 19.3. The second-order valence-corrected chi connectivity index (χ2v) is 9.82. The normalized spacial score (nSPS) is 16.5. The van der Waals surface area contributed by atoms with Gasteiger partial charge in [-0.1, -0.05) is 42.5 Å². The van der Waals surface area contributed by atoms with Gasteiger partial charge in [0.25, 0.3) is 5.91 Å². The van der Waals surface area contributed by atoms with Gasteiger partial charge in [0.15, 0.2) is 5.84 Å². The van der Waals surface area contributed by atoms with Crippen LogP contribution >= 0.6 is 0 Å². The first kappa shape index (κ1) is 26.4. The molecule has 3 aromatic carbocycles. The van der Waals surface area contributed by atoms with Gasteiger partial charge >= 0.3 is 0 Å². The van der Waals surface area contributed by atoms with Crippen LogP contribution in [0.2, 0.25) is 0 Å². The molecule has 3 aromatic rings. The van der Waals surface area contributed by atoms with Crippen molar-refractivity contribution in [2.45, 2.75) is 26.8 Å². The molecule has 5 rings (SSSR count). The fraction of sp³-hybridized carbons (Fsp3) is 0.194. The van der Waals surface area contributed by atoms with Gasteiger partial charge in [0.1, 0.15) is 12.0 Å². The smallest absolute Gasteiger partial charge is 0.255 e. The molecule has 0 saturated carbocycles. The van der Waals surface area contributed by atoms with Gasteiger partial charge in [0.05, 0.1) is 30.1 Å². The van der Waals surface area contributed by atoms with E-state index in [9.17, 15) is 9.59 Å². The van der Waals surface area contributed by atoms with Crippen LogP contribution in [0.25, 0.3) is 0 Å². The number of carbonyl (C=O) groups excluding carboxylic acids is 2. The number of hydrogen-bond acceptors (Lipinski definition) is 7. The van der Waals surface area contributed by atoms with Gasteiger partial charge in [-0.25, -0.2) is 4.99 Å². The first-order valence-corrected chi connectivity index (χ1v) is 13.0. The molecular weight excluding hydrogens is 502 g/mol.